The molecule has 0 saturated carbocycles. The van der Waals surface area contributed by atoms with Gasteiger partial charge in [0.15, 0.2) is 5.78 Å². The molecular formula is C17H29N3O2. The quantitative estimate of drug-likeness (QED) is 0.372. The van der Waals surface area contributed by atoms with Gasteiger partial charge in [-0.15, -0.1) is 0 Å². The van der Waals surface area contributed by atoms with Crippen LogP contribution in [0.1, 0.15) is 37.0 Å². The van der Waals surface area contributed by atoms with Gasteiger partial charge in [-0.05, 0) is 57.2 Å². The van der Waals surface area contributed by atoms with E-state index in [0.717, 1.165) is 39.0 Å². The first-order valence-corrected chi connectivity index (χ1v) is 8.02. The number of anilines is 1. The zero-order valence-corrected chi connectivity index (χ0v) is 14.0. The van der Waals surface area contributed by atoms with Gasteiger partial charge in [0.05, 0.1) is 19.3 Å². The van der Waals surface area contributed by atoms with E-state index in [2.05, 4.69) is 24.1 Å². The average molecular weight is 307 g/mol. The van der Waals surface area contributed by atoms with Crippen LogP contribution in [0.3, 0.4) is 0 Å². The second-order valence-electron chi connectivity index (χ2n) is 5.29. The van der Waals surface area contributed by atoms with Crippen molar-refractivity contribution in [1.82, 2.24) is 10.2 Å². The van der Waals surface area contributed by atoms with E-state index in [4.69, 9.17) is 10.5 Å². The van der Waals surface area contributed by atoms with Crippen molar-refractivity contribution < 1.29 is 9.53 Å². The van der Waals surface area contributed by atoms with Gasteiger partial charge in [0, 0.05) is 5.56 Å². The van der Waals surface area contributed by atoms with E-state index in [1.165, 1.54) is 0 Å². The minimum absolute atomic E-state index is 0.0538. The highest BCUT2D eigenvalue weighted by Crippen LogP contribution is 2.21. The van der Waals surface area contributed by atoms with Gasteiger partial charge in [-0.2, -0.15) is 0 Å². The highest BCUT2D eigenvalue weighted by molar-refractivity contribution is 5.98. The Morgan fingerprint density at radius 1 is 1.27 bits per heavy atom. The van der Waals surface area contributed by atoms with E-state index in [1.54, 1.807) is 25.3 Å². The number of carbonyl (C=O) groups excluding carboxylic acids is 1. The molecule has 1 aromatic rings. The van der Waals surface area contributed by atoms with Gasteiger partial charge in [0.25, 0.3) is 0 Å². The molecule has 5 heteroatoms. The lowest BCUT2D eigenvalue weighted by molar-refractivity contribution is 0.0991. The van der Waals surface area contributed by atoms with Crippen LogP contribution in [0, 0.1) is 0 Å². The van der Waals surface area contributed by atoms with Gasteiger partial charge < -0.3 is 20.7 Å². The van der Waals surface area contributed by atoms with Crippen LogP contribution in [-0.4, -0.2) is 50.5 Å². The largest absolute Gasteiger partial charge is 0.495 e. The lowest BCUT2D eigenvalue weighted by Crippen LogP contribution is -2.27. The summed E-state index contributed by atoms with van der Waals surface area (Å²) in [4.78, 5) is 14.5. The fourth-order valence-corrected chi connectivity index (χ4v) is 2.34. The minimum atomic E-state index is 0.0538. The minimum Gasteiger partial charge on any atom is -0.495 e. The van der Waals surface area contributed by atoms with Gasteiger partial charge in [-0.3, -0.25) is 4.79 Å². The molecule has 0 bridgehead atoms. The first-order chi connectivity index (χ1) is 10.6. The highest BCUT2D eigenvalue weighted by Gasteiger charge is 2.08. The van der Waals surface area contributed by atoms with Gasteiger partial charge in [-0.25, -0.2) is 0 Å². The van der Waals surface area contributed by atoms with Crippen LogP contribution < -0.4 is 15.8 Å². The molecule has 124 valence electrons. The number of Topliss-reactive ketones (excluding diaryl/α,β-unsaturated/α-hetero) is 1. The number of nitrogens with one attached hydrogen (secondary N) is 1. The second kappa shape index (κ2) is 10.2. The summed E-state index contributed by atoms with van der Waals surface area (Å²) in [5.74, 6) is 0.652. The summed E-state index contributed by atoms with van der Waals surface area (Å²) in [7, 11) is 1.56. The first kappa shape index (κ1) is 18.5. The number of hydrogen-bond donors (Lipinski definition) is 2. The van der Waals surface area contributed by atoms with Crippen molar-refractivity contribution in [3.8, 4) is 5.75 Å². The lowest BCUT2D eigenvalue weighted by atomic mass is 10.1. The monoisotopic (exact) mass is 307 g/mol. The molecule has 0 atom stereocenters. The number of nitrogen functional groups attached to an aromatic ring is 1. The molecule has 0 radical (unpaired) electrons. The summed E-state index contributed by atoms with van der Waals surface area (Å²) in [6.07, 6.45) is 2.23. The summed E-state index contributed by atoms with van der Waals surface area (Å²) in [5, 5.41) is 3.20. The number of benzene rings is 1. The maximum Gasteiger partial charge on any atom is 0.176 e. The predicted octanol–water partition coefficient (Wildman–Crippen LogP) is 2.17. The van der Waals surface area contributed by atoms with Crippen LogP contribution in [0.4, 0.5) is 5.69 Å². The molecule has 0 aliphatic rings. The molecule has 3 N–H and O–H groups in total. The molecular weight excluding hydrogens is 278 g/mol. The summed E-state index contributed by atoms with van der Waals surface area (Å²) >= 11 is 0. The van der Waals surface area contributed by atoms with Crippen molar-refractivity contribution in [3.63, 3.8) is 0 Å². The maximum absolute atomic E-state index is 12.1. The lowest BCUT2D eigenvalue weighted by Gasteiger charge is -2.17. The summed E-state index contributed by atoms with van der Waals surface area (Å²) < 4.78 is 5.09. The third kappa shape index (κ3) is 6.03. The molecule has 0 saturated heterocycles. The van der Waals surface area contributed by atoms with Crippen LogP contribution in [0.25, 0.3) is 0 Å². The molecule has 1 aromatic carbocycles. The van der Waals surface area contributed by atoms with Gasteiger partial charge >= 0.3 is 0 Å². The third-order valence-electron chi connectivity index (χ3n) is 3.81. The van der Waals surface area contributed by atoms with E-state index in [1.807, 2.05) is 0 Å². The Hall–Kier alpha value is -1.59. The van der Waals surface area contributed by atoms with Crippen LogP contribution >= 0.6 is 0 Å². The SMILES string of the molecule is CCN(CC)CCCCNCC(=O)c1ccc(OC)c(N)c1. The molecule has 0 aliphatic carbocycles. The Kier molecular flexibility index (Phi) is 8.55. The van der Waals surface area contributed by atoms with Gasteiger partial charge in [-0.1, -0.05) is 13.8 Å². The first-order valence-electron chi connectivity index (χ1n) is 8.02. The molecule has 22 heavy (non-hydrogen) atoms. The zero-order valence-electron chi connectivity index (χ0n) is 14.0. The van der Waals surface area contributed by atoms with Crippen LogP contribution in [-0.2, 0) is 0 Å². The Balaban J connectivity index is 2.25. The third-order valence-corrected chi connectivity index (χ3v) is 3.81. The van der Waals surface area contributed by atoms with E-state index >= 15 is 0 Å². The number of carbonyl (C=O) groups is 1. The van der Waals surface area contributed by atoms with E-state index in [9.17, 15) is 4.79 Å². The fraction of sp³-hybridized carbons (Fsp3) is 0.588. The number of rotatable bonds is 11. The Morgan fingerprint density at radius 3 is 2.59 bits per heavy atom. The Labute approximate surface area is 133 Å². The number of ether oxygens (including phenoxy) is 1. The number of nitrogens with two attached hydrogens (primary N) is 1. The van der Waals surface area contributed by atoms with Crippen molar-refractivity contribution in [2.24, 2.45) is 0 Å². The van der Waals surface area contributed by atoms with Crippen molar-refractivity contribution in [1.29, 1.82) is 0 Å². The van der Waals surface area contributed by atoms with Crippen molar-refractivity contribution >= 4 is 11.5 Å². The standard InChI is InChI=1S/C17H29N3O2/c1-4-20(5-2)11-7-6-10-19-13-16(21)14-8-9-17(22-3)15(18)12-14/h8-9,12,19H,4-7,10-11,13,18H2,1-3H3. The maximum atomic E-state index is 12.1. The molecule has 0 heterocycles. The highest BCUT2D eigenvalue weighted by atomic mass is 16.5. The van der Waals surface area contributed by atoms with Gasteiger partial charge in [0.2, 0.25) is 0 Å². The molecule has 0 amide bonds. The number of hydrogen-bond acceptors (Lipinski definition) is 5. The molecule has 0 spiro atoms. The predicted molar refractivity (Wildman–Crippen MR) is 91.6 cm³/mol. The Morgan fingerprint density at radius 2 is 2.00 bits per heavy atom. The number of ketones is 1. The fourth-order valence-electron chi connectivity index (χ4n) is 2.34. The Bertz CT molecular complexity index is 459. The topological polar surface area (TPSA) is 67.6 Å². The molecule has 1 rings (SSSR count). The normalized spacial score (nSPS) is 10.9. The molecule has 0 unspecified atom stereocenters. The number of unbranched alkanes of at least 4 members (excludes halogenated alkanes) is 1. The molecule has 5 nitrogen and oxygen atoms in total. The van der Waals surface area contributed by atoms with Crippen LogP contribution in [0.15, 0.2) is 18.2 Å². The second-order valence-corrected chi connectivity index (χ2v) is 5.29. The van der Waals surface area contributed by atoms with E-state index in [-0.39, 0.29) is 5.78 Å². The number of nitrogens with zero attached hydrogens (tertiary/aromatic N) is 1. The van der Waals surface area contributed by atoms with E-state index < -0.39 is 0 Å². The average Bonchev–Trinajstić information content (AvgIpc) is 2.54. The summed E-state index contributed by atoms with van der Waals surface area (Å²) in [5.41, 5.74) is 6.93. The summed E-state index contributed by atoms with van der Waals surface area (Å²) in [6.45, 7) is 8.89. The van der Waals surface area contributed by atoms with E-state index in [0.29, 0.717) is 23.5 Å². The van der Waals surface area contributed by atoms with Gasteiger partial charge in [0.1, 0.15) is 5.75 Å². The zero-order chi connectivity index (χ0) is 16.4. The van der Waals surface area contributed by atoms with Crippen molar-refractivity contribution in [3.05, 3.63) is 23.8 Å². The van der Waals surface area contributed by atoms with Crippen LogP contribution in [0.5, 0.6) is 5.75 Å². The molecule has 0 aromatic heterocycles. The van der Waals surface area contributed by atoms with Crippen molar-refractivity contribution in [2.75, 3.05) is 45.6 Å². The number of methoxy groups -OCH3 is 1. The summed E-state index contributed by atoms with van der Waals surface area (Å²) in [6, 6.07) is 5.15. The van der Waals surface area contributed by atoms with Crippen molar-refractivity contribution in [2.45, 2.75) is 26.7 Å². The smallest absolute Gasteiger partial charge is 0.176 e. The molecule has 0 aliphatic heterocycles. The molecule has 0 fully saturated rings. The van der Waals surface area contributed by atoms with Crippen LogP contribution in [0.2, 0.25) is 0 Å².